The van der Waals surface area contributed by atoms with Crippen LogP contribution in [-0.2, 0) is 16.0 Å². The Morgan fingerprint density at radius 3 is 3.00 bits per heavy atom. The van der Waals surface area contributed by atoms with Crippen molar-refractivity contribution in [3.8, 4) is 0 Å². The van der Waals surface area contributed by atoms with Crippen LogP contribution in [0, 0.1) is 13.8 Å². The monoisotopic (exact) mass is 265 g/mol. The molecular weight excluding hydrogens is 246 g/mol. The largest absolute Gasteiger partial charge is 0.376 e. The minimum Gasteiger partial charge on any atom is -0.376 e. The van der Waals surface area contributed by atoms with Gasteiger partial charge < -0.3 is 15.0 Å². The summed E-state index contributed by atoms with van der Waals surface area (Å²) in [5.74, 6) is 0.397. The van der Waals surface area contributed by atoms with E-state index in [2.05, 4.69) is 15.3 Å². The van der Waals surface area contributed by atoms with Crippen LogP contribution in [0.1, 0.15) is 29.9 Å². The SMILES string of the molecule is Cc1nc(CC(=O)NCC2CCCO2)c(C)c(=O)[nH]1. The Hall–Kier alpha value is -1.69. The third-order valence-corrected chi connectivity index (χ3v) is 3.25. The number of hydrogen-bond acceptors (Lipinski definition) is 4. The predicted octanol–water partition coefficient (Wildman–Crippen LogP) is 0.224. The lowest BCUT2D eigenvalue weighted by molar-refractivity contribution is -0.121. The average molecular weight is 265 g/mol. The summed E-state index contributed by atoms with van der Waals surface area (Å²) < 4.78 is 5.43. The highest BCUT2D eigenvalue weighted by molar-refractivity contribution is 5.78. The molecule has 6 heteroatoms. The van der Waals surface area contributed by atoms with E-state index in [0.29, 0.717) is 23.6 Å². The molecule has 2 rings (SSSR count). The van der Waals surface area contributed by atoms with Gasteiger partial charge in [0.25, 0.3) is 5.56 Å². The van der Waals surface area contributed by atoms with Crippen molar-refractivity contribution in [3.05, 3.63) is 27.4 Å². The third kappa shape index (κ3) is 3.64. The van der Waals surface area contributed by atoms with E-state index in [-0.39, 0.29) is 24.0 Å². The minimum absolute atomic E-state index is 0.124. The van der Waals surface area contributed by atoms with E-state index in [4.69, 9.17) is 4.74 Å². The van der Waals surface area contributed by atoms with Crippen molar-refractivity contribution in [2.24, 2.45) is 0 Å². The lowest BCUT2D eigenvalue weighted by Gasteiger charge is -2.11. The van der Waals surface area contributed by atoms with E-state index in [1.165, 1.54) is 0 Å². The highest BCUT2D eigenvalue weighted by Crippen LogP contribution is 2.10. The zero-order chi connectivity index (χ0) is 13.8. The molecule has 19 heavy (non-hydrogen) atoms. The van der Waals surface area contributed by atoms with Crippen LogP contribution >= 0.6 is 0 Å². The maximum Gasteiger partial charge on any atom is 0.254 e. The molecule has 2 N–H and O–H groups in total. The van der Waals surface area contributed by atoms with Gasteiger partial charge in [0.05, 0.1) is 18.2 Å². The molecule has 0 saturated carbocycles. The van der Waals surface area contributed by atoms with Gasteiger partial charge in [-0.2, -0.15) is 0 Å². The van der Waals surface area contributed by atoms with Crippen LogP contribution in [0.4, 0.5) is 0 Å². The number of nitrogens with one attached hydrogen (secondary N) is 2. The minimum atomic E-state index is -0.186. The smallest absolute Gasteiger partial charge is 0.254 e. The summed E-state index contributed by atoms with van der Waals surface area (Å²) in [4.78, 5) is 30.2. The molecule has 1 aromatic rings. The summed E-state index contributed by atoms with van der Waals surface area (Å²) >= 11 is 0. The number of aryl methyl sites for hydroxylation is 1. The van der Waals surface area contributed by atoms with Gasteiger partial charge in [-0.05, 0) is 26.7 Å². The third-order valence-electron chi connectivity index (χ3n) is 3.25. The molecule has 1 aliphatic rings. The Morgan fingerprint density at radius 2 is 2.32 bits per heavy atom. The Balaban J connectivity index is 1.93. The number of ether oxygens (including phenoxy) is 1. The molecule has 1 amide bonds. The molecule has 0 radical (unpaired) electrons. The van der Waals surface area contributed by atoms with Gasteiger partial charge in [0.2, 0.25) is 5.91 Å². The van der Waals surface area contributed by atoms with Crippen molar-refractivity contribution in [3.63, 3.8) is 0 Å². The molecule has 1 atom stereocenters. The van der Waals surface area contributed by atoms with Gasteiger partial charge in [-0.15, -0.1) is 0 Å². The number of carbonyl (C=O) groups excluding carboxylic acids is 1. The van der Waals surface area contributed by atoms with Gasteiger partial charge in [0.1, 0.15) is 5.82 Å². The second-order valence-electron chi connectivity index (χ2n) is 4.84. The van der Waals surface area contributed by atoms with Crippen molar-refractivity contribution < 1.29 is 9.53 Å². The summed E-state index contributed by atoms with van der Waals surface area (Å²) in [7, 11) is 0. The Bertz CT molecular complexity index is 518. The van der Waals surface area contributed by atoms with Crippen molar-refractivity contribution >= 4 is 5.91 Å². The molecule has 0 spiro atoms. The van der Waals surface area contributed by atoms with E-state index in [1.807, 2.05) is 0 Å². The summed E-state index contributed by atoms with van der Waals surface area (Å²) in [6.07, 6.45) is 2.29. The fraction of sp³-hybridized carbons (Fsp3) is 0.615. The summed E-state index contributed by atoms with van der Waals surface area (Å²) in [5, 5.41) is 2.82. The first-order valence-corrected chi connectivity index (χ1v) is 6.51. The zero-order valence-corrected chi connectivity index (χ0v) is 11.3. The molecule has 1 aromatic heterocycles. The van der Waals surface area contributed by atoms with Crippen LogP contribution < -0.4 is 10.9 Å². The number of carbonyl (C=O) groups is 1. The number of rotatable bonds is 4. The Labute approximate surface area is 111 Å². The Kier molecular flexibility index (Phi) is 4.31. The van der Waals surface area contributed by atoms with Gasteiger partial charge in [0, 0.05) is 18.7 Å². The van der Waals surface area contributed by atoms with Crippen molar-refractivity contribution in [2.45, 2.75) is 39.2 Å². The van der Waals surface area contributed by atoms with Crippen LogP contribution in [0.25, 0.3) is 0 Å². The number of H-pyrrole nitrogens is 1. The number of nitrogens with zero attached hydrogens (tertiary/aromatic N) is 1. The quantitative estimate of drug-likeness (QED) is 0.816. The molecule has 2 heterocycles. The molecule has 6 nitrogen and oxygen atoms in total. The first kappa shape index (κ1) is 13.7. The van der Waals surface area contributed by atoms with Gasteiger partial charge in [0.15, 0.2) is 0 Å². The maximum atomic E-state index is 11.8. The molecule has 104 valence electrons. The average Bonchev–Trinajstić information content (AvgIpc) is 2.86. The predicted molar refractivity (Wildman–Crippen MR) is 70.0 cm³/mol. The molecule has 0 bridgehead atoms. The van der Waals surface area contributed by atoms with Crippen molar-refractivity contribution in [1.29, 1.82) is 0 Å². The maximum absolute atomic E-state index is 11.8. The van der Waals surface area contributed by atoms with Gasteiger partial charge in [-0.3, -0.25) is 9.59 Å². The highest BCUT2D eigenvalue weighted by atomic mass is 16.5. The number of amides is 1. The molecule has 1 aliphatic heterocycles. The Morgan fingerprint density at radius 1 is 1.53 bits per heavy atom. The molecule has 1 fully saturated rings. The zero-order valence-electron chi connectivity index (χ0n) is 11.3. The molecule has 1 saturated heterocycles. The van der Waals surface area contributed by atoms with Crippen LogP contribution in [0.2, 0.25) is 0 Å². The fourth-order valence-corrected chi connectivity index (χ4v) is 2.12. The van der Waals surface area contributed by atoms with Gasteiger partial charge in [-0.25, -0.2) is 4.98 Å². The first-order chi connectivity index (χ1) is 9.06. The normalized spacial score (nSPS) is 18.5. The van der Waals surface area contributed by atoms with Crippen LogP contribution in [0.5, 0.6) is 0 Å². The van der Waals surface area contributed by atoms with E-state index in [1.54, 1.807) is 13.8 Å². The second-order valence-corrected chi connectivity index (χ2v) is 4.84. The lowest BCUT2D eigenvalue weighted by atomic mass is 10.2. The van der Waals surface area contributed by atoms with Crippen LogP contribution in [-0.4, -0.2) is 35.1 Å². The molecular formula is C13H19N3O3. The van der Waals surface area contributed by atoms with E-state index >= 15 is 0 Å². The first-order valence-electron chi connectivity index (χ1n) is 6.51. The number of aromatic nitrogens is 2. The topological polar surface area (TPSA) is 84.1 Å². The fourth-order valence-electron chi connectivity index (χ4n) is 2.12. The van der Waals surface area contributed by atoms with E-state index in [9.17, 15) is 9.59 Å². The summed E-state index contributed by atoms with van der Waals surface area (Å²) in [6.45, 7) is 4.68. The van der Waals surface area contributed by atoms with E-state index in [0.717, 1.165) is 19.4 Å². The molecule has 1 unspecified atom stereocenters. The van der Waals surface area contributed by atoms with Gasteiger partial charge in [-0.1, -0.05) is 0 Å². The summed E-state index contributed by atoms with van der Waals surface area (Å²) in [6, 6.07) is 0. The number of aromatic amines is 1. The highest BCUT2D eigenvalue weighted by Gasteiger charge is 2.17. The standard InChI is InChI=1S/C13H19N3O3/c1-8-11(15-9(2)16-13(8)18)6-12(17)14-7-10-4-3-5-19-10/h10H,3-7H2,1-2H3,(H,14,17)(H,15,16,18). The summed E-state index contributed by atoms with van der Waals surface area (Å²) in [5.41, 5.74) is 0.846. The van der Waals surface area contributed by atoms with Crippen molar-refractivity contribution in [1.82, 2.24) is 15.3 Å². The van der Waals surface area contributed by atoms with Crippen LogP contribution in [0.3, 0.4) is 0 Å². The molecule has 0 aliphatic carbocycles. The lowest BCUT2D eigenvalue weighted by Crippen LogP contribution is -2.33. The van der Waals surface area contributed by atoms with E-state index < -0.39 is 0 Å². The van der Waals surface area contributed by atoms with Crippen LogP contribution in [0.15, 0.2) is 4.79 Å². The second kappa shape index (κ2) is 5.97. The van der Waals surface area contributed by atoms with Gasteiger partial charge >= 0.3 is 0 Å². The van der Waals surface area contributed by atoms with Crippen molar-refractivity contribution in [2.75, 3.05) is 13.2 Å². The molecule has 0 aromatic carbocycles. The number of hydrogen-bond donors (Lipinski definition) is 2.